The third-order valence-electron chi connectivity index (χ3n) is 4.43. The maximum absolute atomic E-state index is 13.9. The van der Waals surface area contributed by atoms with Crippen molar-refractivity contribution in [3.63, 3.8) is 0 Å². The summed E-state index contributed by atoms with van der Waals surface area (Å²) in [6, 6.07) is 3.87. The van der Waals surface area contributed by atoms with Crippen molar-refractivity contribution < 1.29 is 19.0 Å². The number of carbonyl (C=O) groups excluding carboxylic acids is 1. The minimum Gasteiger partial charge on any atom is -0.507 e. The van der Waals surface area contributed by atoms with Crippen molar-refractivity contribution in [2.45, 2.75) is 25.2 Å². The van der Waals surface area contributed by atoms with Gasteiger partial charge in [0.15, 0.2) is 0 Å². The summed E-state index contributed by atoms with van der Waals surface area (Å²) in [5.74, 6) is -1.59. The molecule has 23 heavy (non-hydrogen) atoms. The van der Waals surface area contributed by atoms with E-state index in [1.807, 2.05) is 4.68 Å². The number of hydrogen-bond donors (Lipinski definition) is 1. The molecule has 0 radical (unpaired) electrons. The Kier molecular flexibility index (Phi) is 3.26. The lowest BCUT2D eigenvalue weighted by atomic mass is 9.99. The Hall–Kier alpha value is -2.48. The van der Waals surface area contributed by atoms with Crippen LogP contribution in [0.5, 0.6) is 5.75 Å². The Balaban J connectivity index is 1.56. The van der Waals surface area contributed by atoms with E-state index in [1.165, 1.54) is 23.1 Å². The second-order valence-corrected chi connectivity index (χ2v) is 5.76. The largest absolute Gasteiger partial charge is 0.507 e. The smallest absolute Gasteiger partial charge is 0.260 e. The van der Waals surface area contributed by atoms with Gasteiger partial charge in [-0.05, 0) is 18.6 Å². The summed E-state index contributed by atoms with van der Waals surface area (Å²) in [6.45, 7) is 1.16. The number of phenolic OH excluding ortho intramolecular Hbond substituents is 1. The molecule has 120 valence electrons. The van der Waals surface area contributed by atoms with Crippen molar-refractivity contribution in [1.29, 1.82) is 0 Å². The number of fused-ring (bicyclic) bond motifs is 3. The second kappa shape index (κ2) is 5.31. The summed E-state index contributed by atoms with van der Waals surface area (Å²) in [6.07, 6.45) is 2.10. The topological polar surface area (TPSA) is 80.5 Å². The highest BCUT2D eigenvalue weighted by Crippen LogP contribution is 2.32. The zero-order chi connectivity index (χ0) is 16.0. The van der Waals surface area contributed by atoms with E-state index in [0.717, 1.165) is 5.69 Å². The van der Waals surface area contributed by atoms with Crippen LogP contribution in [0.3, 0.4) is 0 Å². The van der Waals surface area contributed by atoms with E-state index in [-0.39, 0.29) is 23.5 Å². The molecule has 2 atom stereocenters. The molecule has 3 heterocycles. The molecule has 0 bridgehead atoms. The Labute approximate surface area is 131 Å². The van der Waals surface area contributed by atoms with E-state index >= 15 is 0 Å². The Morgan fingerprint density at radius 3 is 3.13 bits per heavy atom. The molecular formula is C15H15FN4O3. The fraction of sp³-hybridized carbons (Fsp3) is 0.400. The number of benzene rings is 1. The van der Waals surface area contributed by atoms with Crippen molar-refractivity contribution in [1.82, 2.24) is 19.9 Å². The van der Waals surface area contributed by atoms with Crippen LogP contribution in [0.1, 0.15) is 28.5 Å². The highest BCUT2D eigenvalue weighted by molar-refractivity contribution is 5.97. The zero-order valence-electron chi connectivity index (χ0n) is 12.2. The van der Waals surface area contributed by atoms with Gasteiger partial charge in [0.05, 0.1) is 30.6 Å². The molecule has 0 unspecified atom stereocenters. The summed E-state index contributed by atoms with van der Waals surface area (Å²) in [5, 5.41) is 17.8. The predicted octanol–water partition coefficient (Wildman–Crippen LogP) is 1.11. The normalized spacial score (nSPS) is 23.3. The monoisotopic (exact) mass is 318 g/mol. The standard InChI is InChI=1S/C15H15FN4O3/c16-10-2-1-3-12(21)14(10)15(22)19-5-4-11-13(7-19)23-8-9-6-17-18-20(9)11/h1-3,6,11,13,21H,4-5,7-8H2/t11-,13-/m0/s1. The summed E-state index contributed by atoms with van der Waals surface area (Å²) < 4.78 is 21.5. The van der Waals surface area contributed by atoms with E-state index in [2.05, 4.69) is 10.3 Å². The first-order valence-electron chi connectivity index (χ1n) is 7.42. The molecule has 1 aromatic carbocycles. The third kappa shape index (κ3) is 2.26. The first kappa shape index (κ1) is 14.1. The van der Waals surface area contributed by atoms with Crippen LogP contribution in [0.25, 0.3) is 0 Å². The van der Waals surface area contributed by atoms with Gasteiger partial charge in [0.2, 0.25) is 0 Å². The molecule has 2 aliphatic rings. The molecule has 1 amide bonds. The van der Waals surface area contributed by atoms with Crippen LogP contribution in [0.4, 0.5) is 4.39 Å². The van der Waals surface area contributed by atoms with Crippen LogP contribution < -0.4 is 0 Å². The lowest BCUT2D eigenvalue weighted by Crippen LogP contribution is -2.50. The zero-order valence-corrected chi connectivity index (χ0v) is 12.2. The average molecular weight is 318 g/mol. The molecule has 0 saturated carbocycles. The second-order valence-electron chi connectivity index (χ2n) is 5.76. The number of ether oxygens (including phenoxy) is 1. The molecule has 1 fully saturated rings. The number of phenols is 1. The number of nitrogens with zero attached hydrogens (tertiary/aromatic N) is 4. The van der Waals surface area contributed by atoms with Gasteiger partial charge in [-0.1, -0.05) is 11.3 Å². The van der Waals surface area contributed by atoms with Crippen LogP contribution in [0.2, 0.25) is 0 Å². The molecule has 7 nitrogen and oxygen atoms in total. The van der Waals surface area contributed by atoms with E-state index < -0.39 is 11.7 Å². The fourth-order valence-corrected chi connectivity index (χ4v) is 3.25. The predicted molar refractivity (Wildman–Crippen MR) is 76.2 cm³/mol. The van der Waals surface area contributed by atoms with Gasteiger partial charge in [0, 0.05) is 13.1 Å². The molecule has 8 heteroatoms. The number of rotatable bonds is 1. The van der Waals surface area contributed by atoms with Crippen molar-refractivity contribution >= 4 is 5.91 Å². The van der Waals surface area contributed by atoms with Gasteiger partial charge in [0.25, 0.3) is 5.91 Å². The van der Waals surface area contributed by atoms with Gasteiger partial charge < -0.3 is 14.7 Å². The minimum atomic E-state index is -0.722. The van der Waals surface area contributed by atoms with Gasteiger partial charge in [0.1, 0.15) is 17.1 Å². The number of aromatic nitrogens is 3. The molecule has 1 saturated heterocycles. The Bertz CT molecular complexity index is 743. The highest BCUT2D eigenvalue weighted by atomic mass is 19.1. The molecule has 1 N–H and O–H groups in total. The summed E-state index contributed by atoms with van der Waals surface area (Å²) in [4.78, 5) is 14.1. The van der Waals surface area contributed by atoms with Crippen LogP contribution in [0, 0.1) is 5.82 Å². The van der Waals surface area contributed by atoms with E-state index in [9.17, 15) is 14.3 Å². The Morgan fingerprint density at radius 2 is 2.30 bits per heavy atom. The number of aromatic hydroxyl groups is 1. The van der Waals surface area contributed by atoms with Crippen molar-refractivity contribution in [3.05, 3.63) is 41.5 Å². The molecule has 2 aliphatic heterocycles. The summed E-state index contributed by atoms with van der Waals surface area (Å²) in [5.41, 5.74) is 0.626. The molecule has 1 aromatic heterocycles. The van der Waals surface area contributed by atoms with Gasteiger partial charge in [-0.25, -0.2) is 9.07 Å². The van der Waals surface area contributed by atoms with Crippen LogP contribution in [0.15, 0.2) is 24.4 Å². The van der Waals surface area contributed by atoms with Crippen molar-refractivity contribution in [3.8, 4) is 5.75 Å². The van der Waals surface area contributed by atoms with Gasteiger partial charge in [-0.2, -0.15) is 0 Å². The van der Waals surface area contributed by atoms with Gasteiger partial charge in [-0.3, -0.25) is 4.79 Å². The number of hydrogen-bond acceptors (Lipinski definition) is 5. The van der Waals surface area contributed by atoms with E-state index in [1.54, 1.807) is 6.20 Å². The van der Waals surface area contributed by atoms with E-state index in [0.29, 0.717) is 26.1 Å². The third-order valence-corrected chi connectivity index (χ3v) is 4.43. The van der Waals surface area contributed by atoms with E-state index in [4.69, 9.17) is 4.74 Å². The minimum absolute atomic E-state index is 0.0273. The molecule has 0 spiro atoms. The summed E-state index contributed by atoms with van der Waals surface area (Å²) in [7, 11) is 0. The average Bonchev–Trinajstić information content (AvgIpc) is 3.03. The number of carbonyl (C=O) groups is 1. The van der Waals surface area contributed by atoms with Gasteiger partial charge in [-0.15, -0.1) is 5.10 Å². The number of amides is 1. The Morgan fingerprint density at radius 1 is 1.43 bits per heavy atom. The lowest BCUT2D eigenvalue weighted by molar-refractivity contribution is -0.0628. The maximum atomic E-state index is 13.9. The SMILES string of the molecule is O=C(c1c(O)cccc1F)N1CC[C@H]2[C@H](C1)OCc1cnnn12. The number of piperidine rings is 1. The van der Waals surface area contributed by atoms with Gasteiger partial charge >= 0.3 is 0 Å². The molecule has 4 rings (SSSR count). The highest BCUT2D eigenvalue weighted by Gasteiger charge is 2.38. The van der Waals surface area contributed by atoms with Crippen molar-refractivity contribution in [2.75, 3.05) is 13.1 Å². The molecule has 2 aromatic rings. The quantitative estimate of drug-likeness (QED) is 0.852. The van der Waals surface area contributed by atoms with Crippen LogP contribution in [-0.2, 0) is 11.3 Å². The lowest BCUT2D eigenvalue weighted by Gasteiger charge is -2.41. The number of halogens is 1. The van der Waals surface area contributed by atoms with Crippen molar-refractivity contribution in [2.24, 2.45) is 0 Å². The summed E-state index contributed by atoms with van der Waals surface area (Å²) >= 11 is 0. The van der Waals surface area contributed by atoms with Crippen LogP contribution in [-0.4, -0.2) is 50.1 Å². The molecular weight excluding hydrogens is 303 g/mol. The first-order valence-corrected chi connectivity index (χ1v) is 7.42. The first-order chi connectivity index (χ1) is 11.1. The maximum Gasteiger partial charge on any atom is 0.260 e. The molecule has 0 aliphatic carbocycles. The van der Waals surface area contributed by atoms with Crippen LogP contribution >= 0.6 is 0 Å². The fourth-order valence-electron chi connectivity index (χ4n) is 3.25. The number of likely N-dealkylation sites (tertiary alicyclic amines) is 1.